The van der Waals surface area contributed by atoms with Crippen molar-refractivity contribution in [2.45, 2.75) is 32.1 Å². The van der Waals surface area contributed by atoms with Gasteiger partial charge in [-0.1, -0.05) is 18.1 Å². The van der Waals surface area contributed by atoms with Crippen molar-refractivity contribution in [2.75, 3.05) is 64.4 Å². The molecule has 0 saturated carbocycles. The number of rotatable bonds is 7. The maximum Gasteiger partial charge on any atom is 0.256 e. The van der Waals surface area contributed by atoms with Crippen LogP contribution in [0.5, 0.6) is 0 Å². The highest BCUT2D eigenvalue weighted by molar-refractivity contribution is 7.80. The molecule has 0 bridgehead atoms. The lowest BCUT2D eigenvalue weighted by atomic mass is 10.2. The minimum Gasteiger partial charge on any atom is -0.474 e. The second-order valence-corrected chi connectivity index (χ2v) is 9.51. The SMILES string of the molecule is COC(=S)NCCc1cn(-c2cc(F)c(N3CCN(C(=O)CN4CCCCCC4)CC3)c(F)c2)nn1. The minimum absolute atomic E-state index is 0.0732. The van der Waals surface area contributed by atoms with Gasteiger partial charge in [-0.05, 0) is 38.1 Å². The fourth-order valence-electron chi connectivity index (χ4n) is 4.66. The third-order valence-electron chi connectivity index (χ3n) is 6.65. The molecule has 2 aromatic rings. The average molecular weight is 522 g/mol. The molecule has 3 heterocycles. The molecule has 0 unspecified atom stereocenters. The molecule has 2 saturated heterocycles. The van der Waals surface area contributed by atoms with Crippen LogP contribution < -0.4 is 10.2 Å². The van der Waals surface area contributed by atoms with E-state index >= 15 is 8.78 Å². The number of methoxy groups -OCH3 is 1. The van der Waals surface area contributed by atoms with Crippen LogP contribution in [-0.4, -0.2) is 95.3 Å². The number of nitrogens with one attached hydrogen (secondary N) is 1. The molecule has 36 heavy (non-hydrogen) atoms. The zero-order valence-electron chi connectivity index (χ0n) is 20.6. The summed E-state index contributed by atoms with van der Waals surface area (Å²) in [7, 11) is 1.48. The van der Waals surface area contributed by atoms with Crippen LogP contribution in [0.15, 0.2) is 18.3 Å². The van der Waals surface area contributed by atoms with Gasteiger partial charge in [-0.2, -0.15) is 0 Å². The molecule has 0 radical (unpaired) electrons. The lowest BCUT2D eigenvalue weighted by molar-refractivity contribution is -0.132. The second-order valence-electron chi connectivity index (χ2n) is 9.14. The zero-order valence-corrected chi connectivity index (χ0v) is 21.4. The van der Waals surface area contributed by atoms with Crippen molar-refractivity contribution < 1.29 is 18.3 Å². The number of hydrogen-bond acceptors (Lipinski definition) is 7. The van der Waals surface area contributed by atoms with Crippen LogP contribution >= 0.6 is 12.2 Å². The average Bonchev–Trinajstić information content (AvgIpc) is 3.20. The van der Waals surface area contributed by atoms with Crippen molar-refractivity contribution >= 4 is 29.0 Å². The lowest BCUT2D eigenvalue weighted by Gasteiger charge is -2.37. The molecular formula is C24H33F2N7O2S. The minimum atomic E-state index is -0.668. The summed E-state index contributed by atoms with van der Waals surface area (Å²) >= 11 is 4.92. The molecule has 0 spiro atoms. The normalized spacial score (nSPS) is 17.1. The van der Waals surface area contributed by atoms with E-state index in [1.54, 1.807) is 16.0 Å². The first-order chi connectivity index (χ1) is 17.4. The standard InChI is InChI=1S/C24H33F2N7O2S/c1-35-24(36)27-7-6-18-16-33(29-28-18)19-14-20(25)23(21(26)15-19)32-12-10-31(11-13-32)22(34)17-30-8-4-2-3-5-9-30/h14-16H,2-13,17H2,1H3,(H,27,36). The van der Waals surface area contributed by atoms with Crippen LogP contribution in [0.25, 0.3) is 5.69 Å². The molecule has 1 aromatic carbocycles. The van der Waals surface area contributed by atoms with E-state index in [4.69, 9.17) is 17.0 Å². The van der Waals surface area contributed by atoms with Crippen molar-refractivity contribution in [1.82, 2.24) is 30.1 Å². The summed E-state index contributed by atoms with van der Waals surface area (Å²) in [6.07, 6.45) is 6.85. The third kappa shape index (κ3) is 6.67. The summed E-state index contributed by atoms with van der Waals surface area (Å²) in [5, 5.41) is 11.2. The quantitative estimate of drug-likeness (QED) is 0.556. The van der Waals surface area contributed by atoms with Crippen molar-refractivity contribution in [3.8, 4) is 5.69 Å². The van der Waals surface area contributed by atoms with Crippen molar-refractivity contribution in [3.63, 3.8) is 0 Å². The number of ether oxygens (including phenoxy) is 1. The van der Waals surface area contributed by atoms with Gasteiger partial charge in [-0.15, -0.1) is 5.10 Å². The van der Waals surface area contributed by atoms with Crippen LogP contribution in [0.1, 0.15) is 31.4 Å². The number of benzene rings is 1. The predicted molar refractivity (Wildman–Crippen MR) is 136 cm³/mol. The van der Waals surface area contributed by atoms with Crippen molar-refractivity contribution in [3.05, 3.63) is 35.7 Å². The van der Waals surface area contributed by atoms with E-state index in [1.165, 1.54) is 36.8 Å². The molecule has 2 aliphatic rings. The molecule has 1 N–H and O–H groups in total. The number of thiocarbonyl (C=S) groups is 1. The summed E-state index contributed by atoms with van der Waals surface area (Å²) < 4.78 is 36.3. The topological polar surface area (TPSA) is 78.8 Å². The van der Waals surface area contributed by atoms with Crippen LogP contribution in [0.4, 0.5) is 14.5 Å². The van der Waals surface area contributed by atoms with Crippen LogP contribution in [-0.2, 0) is 16.0 Å². The van der Waals surface area contributed by atoms with Gasteiger partial charge in [-0.3, -0.25) is 9.69 Å². The Morgan fingerprint density at radius 3 is 2.36 bits per heavy atom. The highest BCUT2D eigenvalue weighted by Gasteiger charge is 2.26. The maximum absolute atomic E-state index is 15.1. The third-order valence-corrected chi connectivity index (χ3v) is 6.96. The Morgan fingerprint density at radius 1 is 1.06 bits per heavy atom. The van der Waals surface area contributed by atoms with E-state index in [2.05, 4.69) is 20.5 Å². The monoisotopic (exact) mass is 521 g/mol. The first-order valence-corrected chi connectivity index (χ1v) is 12.8. The second kappa shape index (κ2) is 12.4. The van der Waals surface area contributed by atoms with Crippen molar-refractivity contribution in [1.29, 1.82) is 0 Å². The van der Waals surface area contributed by atoms with E-state index in [0.717, 1.165) is 25.9 Å². The van der Waals surface area contributed by atoms with Gasteiger partial charge in [0.2, 0.25) is 5.91 Å². The van der Waals surface area contributed by atoms with Crippen molar-refractivity contribution in [2.24, 2.45) is 0 Å². The zero-order chi connectivity index (χ0) is 25.5. The Balaban J connectivity index is 1.34. The molecule has 4 rings (SSSR count). The summed E-state index contributed by atoms with van der Waals surface area (Å²) in [6, 6.07) is 2.51. The molecule has 2 fully saturated rings. The molecule has 2 aliphatic heterocycles. The molecule has 12 heteroatoms. The first-order valence-electron chi connectivity index (χ1n) is 12.4. The number of carbonyl (C=O) groups excluding carboxylic acids is 1. The number of hydrogen-bond donors (Lipinski definition) is 1. The number of halogens is 2. The Hall–Kier alpha value is -2.86. The molecule has 1 aromatic heterocycles. The smallest absolute Gasteiger partial charge is 0.256 e. The highest BCUT2D eigenvalue weighted by Crippen LogP contribution is 2.27. The van der Waals surface area contributed by atoms with Gasteiger partial charge in [0, 0.05) is 51.3 Å². The fourth-order valence-corrected chi connectivity index (χ4v) is 4.76. The highest BCUT2D eigenvalue weighted by atomic mass is 32.1. The fraction of sp³-hybridized carbons (Fsp3) is 0.583. The van der Waals surface area contributed by atoms with E-state index in [9.17, 15) is 4.79 Å². The van der Waals surface area contributed by atoms with Gasteiger partial charge in [0.15, 0.2) is 11.6 Å². The molecule has 9 nitrogen and oxygen atoms in total. The number of carbonyl (C=O) groups is 1. The molecule has 0 atom stereocenters. The Labute approximate surface area is 215 Å². The number of nitrogens with zero attached hydrogens (tertiary/aromatic N) is 6. The Kier molecular flexibility index (Phi) is 9.03. The van der Waals surface area contributed by atoms with Gasteiger partial charge in [0.25, 0.3) is 5.17 Å². The summed E-state index contributed by atoms with van der Waals surface area (Å²) in [5.74, 6) is -1.24. The van der Waals surface area contributed by atoms with E-state index in [1.807, 2.05) is 0 Å². The van der Waals surface area contributed by atoms with Gasteiger partial charge >= 0.3 is 0 Å². The number of likely N-dealkylation sites (tertiary alicyclic amines) is 1. The van der Waals surface area contributed by atoms with E-state index in [-0.39, 0.29) is 22.5 Å². The van der Waals surface area contributed by atoms with Gasteiger partial charge in [0.05, 0.1) is 31.2 Å². The number of amides is 1. The first kappa shape index (κ1) is 26.2. The van der Waals surface area contributed by atoms with E-state index in [0.29, 0.717) is 51.4 Å². The van der Waals surface area contributed by atoms with E-state index < -0.39 is 11.6 Å². The lowest BCUT2D eigenvalue weighted by Crippen LogP contribution is -2.51. The molecule has 196 valence electrons. The van der Waals surface area contributed by atoms with Crippen LogP contribution in [0.2, 0.25) is 0 Å². The van der Waals surface area contributed by atoms with Crippen LogP contribution in [0.3, 0.4) is 0 Å². The van der Waals surface area contributed by atoms with Crippen LogP contribution in [0, 0.1) is 11.6 Å². The van der Waals surface area contributed by atoms with Gasteiger partial charge < -0.3 is 19.9 Å². The summed E-state index contributed by atoms with van der Waals surface area (Å²) in [4.78, 5) is 18.5. The predicted octanol–water partition coefficient (Wildman–Crippen LogP) is 2.13. The number of anilines is 1. The largest absolute Gasteiger partial charge is 0.474 e. The summed E-state index contributed by atoms with van der Waals surface area (Å²) in [5.41, 5.74) is 0.822. The number of aromatic nitrogens is 3. The molecule has 0 aliphatic carbocycles. The van der Waals surface area contributed by atoms with Gasteiger partial charge in [0.1, 0.15) is 5.69 Å². The molecule has 1 amide bonds. The Morgan fingerprint density at radius 2 is 1.72 bits per heavy atom. The van der Waals surface area contributed by atoms with Gasteiger partial charge in [-0.25, -0.2) is 13.5 Å². The summed E-state index contributed by atoms with van der Waals surface area (Å²) in [6.45, 7) is 4.49. The Bertz CT molecular complexity index is 1030. The number of piperazine rings is 1. The molecular weight excluding hydrogens is 488 g/mol. The maximum atomic E-state index is 15.1.